The van der Waals surface area contributed by atoms with Crippen molar-refractivity contribution in [3.05, 3.63) is 64.0 Å². The molecule has 14 nitrogen and oxygen atoms in total. The first-order chi connectivity index (χ1) is 14.5. The molecule has 0 bridgehead atoms. The molecular formula is C16H11N9O5. The van der Waals surface area contributed by atoms with Crippen LogP contribution in [0.2, 0.25) is 0 Å². The largest absolute Gasteiger partial charge is 0.433 e. The molecule has 1 amide bonds. The Balaban J connectivity index is 1.66. The number of aromatic nitrogens is 5. The number of anilines is 1. The number of carbonyl (C=O) groups excluding carboxylic acids is 1. The number of nitrogens with zero attached hydrogens (tertiary/aromatic N) is 7. The first-order valence-corrected chi connectivity index (χ1v) is 8.21. The van der Waals surface area contributed by atoms with E-state index in [2.05, 4.69) is 35.8 Å². The lowest BCUT2D eigenvalue weighted by Gasteiger charge is -2.04. The monoisotopic (exact) mass is 409 g/mol. The molecule has 0 aliphatic rings. The Morgan fingerprint density at radius 1 is 1.23 bits per heavy atom. The van der Waals surface area contributed by atoms with Gasteiger partial charge in [-0.15, -0.1) is 5.10 Å². The standard InChI is InChI=1S/C16H11N9O5/c17-14-15(22-30-21-14)24-13(12(19-23-24)9-4-2-1-3-5-9)16(26)20-18-8-10-6-7-11(29-10)25(27)28/h1-8H,(H2,17,21)(H,20,26). The van der Waals surface area contributed by atoms with Crippen molar-refractivity contribution in [1.82, 2.24) is 30.7 Å². The van der Waals surface area contributed by atoms with Crippen LogP contribution in [0, 0.1) is 10.1 Å². The number of hydrazone groups is 1. The Morgan fingerprint density at radius 2 is 2.03 bits per heavy atom. The number of nitrogens with two attached hydrogens (primary N) is 1. The number of rotatable bonds is 6. The second-order valence-electron chi connectivity index (χ2n) is 5.67. The molecule has 1 aromatic carbocycles. The molecular weight excluding hydrogens is 398 g/mol. The summed E-state index contributed by atoms with van der Waals surface area (Å²) in [5.74, 6) is -1.22. The van der Waals surface area contributed by atoms with Crippen molar-refractivity contribution in [2.75, 3.05) is 5.73 Å². The highest BCUT2D eigenvalue weighted by Gasteiger charge is 2.25. The minimum atomic E-state index is -0.710. The smallest absolute Gasteiger partial charge is 0.400 e. The van der Waals surface area contributed by atoms with E-state index >= 15 is 0 Å². The Kier molecular flexibility index (Phi) is 4.70. The van der Waals surface area contributed by atoms with Gasteiger partial charge in [-0.2, -0.15) is 9.78 Å². The molecule has 0 saturated carbocycles. The molecule has 0 spiro atoms. The second-order valence-corrected chi connectivity index (χ2v) is 5.67. The molecule has 0 fully saturated rings. The van der Waals surface area contributed by atoms with Crippen LogP contribution in [0.5, 0.6) is 0 Å². The number of hydrogen-bond donors (Lipinski definition) is 2. The van der Waals surface area contributed by atoms with E-state index in [1.165, 1.54) is 6.07 Å². The molecule has 0 aliphatic heterocycles. The molecule has 0 unspecified atom stereocenters. The average Bonchev–Trinajstić information content (AvgIpc) is 3.47. The van der Waals surface area contributed by atoms with Gasteiger partial charge in [-0.25, -0.2) is 10.1 Å². The summed E-state index contributed by atoms with van der Waals surface area (Å²) in [4.78, 5) is 22.8. The molecule has 0 radical (unpaired) electrons. The van der Waals surface area contributed by atoms with Crippen LogP contribution in [0.25, 0.3) is 17.1 Å². The van der Waals surface area contributed by atoms with E-state index in [4.69, 9.17) is 10.2 Å². The van der Waals surface area contributed by atoms with Crippen molar-refractivity contribution >= 4 is 23.8 Å². The Hall–Kier alpha value is -4.88. The topological polar surface area (TPSA) is 193 Å². The third kappa shape index (κ3) is 3.47. The van der Waals surface area contributed by atoms with Gasteiger partial charge < -0.3 is 10.2 Å². The van der Waals surface area contributed by atoms with Gasteiger partial charge in [0.1, 0.15) is 10.6 Å². The van der Waals surface area contributed by atoms with Crippen LogP contribution in [0.4, 0.5) is 11.7 Å². The summed E-state index contributed by atoms with van der Waals surface area (Å²) in [6.45, 7) is 0. The van der Waals surface area contributed by atoms with Crippen LogP contribution in [0.15, 0.2) is 56.6 Å². The van der Waals surface area contributed by atoms with Gasteiger partial charge >= 0.3 is 5.88 Å². The van der Waals surface area contributed by atoms with E-state index in [0.717, 1.165) is 17.0 Å². The number of nitrogens with one attached hydrogen (secondary N) is 1. The van der Waals surface area contributed by atoms with Gasteiger partial charge in [0.05, 0.1) is 12.3 Å². The molecule has 3 heterocycles. The molecule has 4 aromatic rings. The van der Waals surface area contributed by atoms with Crippen molar-refractivity contribution in [1.29, 1.82) is 0 Å². The zero-order chi connectivity index (χ0) is 21.1. The SMILES string of the molecule is Nc1nonc1-n1nnc(-c2ccccc2)c1C(=O)NN=Cc1ccc([N+](=O)[O-])o1. The first-order valence-electron chi connectivity index (χ1n) is 8.21. The first kappa shape index (κ1) is 18.5. The number of nitrogen functional groups attached to an aromatic ring is 1. The number of amides is 1. The fraction of sp³-hybridized carbons (Fsp3) is 0. The van der Waals surface area contributed by atoms with Crippen molar-refractivity contribution in [3.63, 3.8) is 0 Å². The molecule has 0 aliphatic carbocycles. The van der Waals surface area contributed by atoms with Gasteiger partial charge in [0.15, 0.2) is 11.5 Å². The molecule has 4 rings (SSSR count). The zero-order valence-electron chi connectivity index (χ0n) is 14.9. The minimum absolute atomic E-state index is 0.0273. The van der Waals surface area contributed by atoms with Crippen molar-refractivity contribution in [2.24, 2.45) is 5.10 Å². The predicted molar refractivity (Wildman–Crippen MR) is 99.5 cm³/mol. The Labute approximate surface area is 166 Å². The number of furan rings is 1. The highest BCUT2D eigenvalue weighted by atomic mass is 16.6. The fourth-order valence-electron chi connectivity index (χ4n) is 2.48. The molecule has 0 atom stereocenters. The maximum atomic E-state index is 12.8. The van der Waals surface area contributed by atoms with Crippen molar-refractivity contribution in [3.8, 4) is 17.1 Å². The minimum Gasteiger partial charge on any atom is -0.400 e. The van der Waals surface area contributed by atoms with E-state index in [1.54, 1.807) is 30.3 Å². The Bertz CT molecular complexity index is 1240. The van der Waals surface area contributed by atoms with Crippen LogP contribution >= 0.6 is 0 Å². The third-order valence-corrected chi connectivity index (χ3v) is 3.78. The fourth-order valence-corrected chi connectivity index (χ4v) is 2.48. The maximum Gasteiger partial charge on any atom is 0.433 e. The summed E-state index contributed by atoms with van der Waals surface area (Å²) in [7, 11) is 0. The van der Waals surface area contributed by atoms with E-state index in [9.17, 15) is 14.9 Å². The number of benzene rings is 1. The van der Waals surface area contributed by atoms with E-state index in [-0.39, 0.29) is 28.8 Å². The zero-order valence-corrected chi connectivity index (χ0v) is 14.9. The summed E-state index contributed by atoms with van der Waals surface area (Å²) in [5.41, 5.74) is 8.80. The average molecular weight is 409 g/mol. The number of hydrogen-bond acceptors (Lipinski definition) is 11. The van der Waals surface area contributed by atoms with E-state index in [1.807, 2.05) is 0 Å². The van der Waals surface area contributed by atoms with Crippen LogP contribution in [0.1, 0.15) is 16.2 Å². The van der Waals surface area contributed by atoms with Crippen molar-refractivity contribution < 1.29 is 18.8 Å². The predicted octanol–water partition coefficient (Wildman–Crippen LogP) is 1.16. The lowest BCUT2D eigenvalue weighted by Crippen LogP contribution is -2.22. The van der Waals surface area contributed by atoms with Crippen LogP contribution in [-0.2, 0) is 0 Å². The highest BCUT2D eigenvalue weighted by molar-refractivity contribution is 5.99. The van der Waals surface area contributed by atoms with E-state index < -0.39 is 16.7 Å². The van der Waals surface area contributed by atoms with Gasteiger partial charge in [-0.1, -0.05) is 35.5 Å². The molecule has 150 valence electrons. The normalized spacial score (nSPS) is 11.1. The summed E-state index contributed by atoms with van der Waals surface area (Å²) >= 11 is 0. The summed E-state index contributed by atoms with van der Waals surface area (Å²) in [6.07, 6.45) is 1.10. The molecule has 3 aromatic heterocycles. The summed E-state index contributed by atoms with van der Waals surface area (Å²) in [5, 5.41) is 29.5. The second kappa shape index (κ2) is 7.63. The lowest BCUT2D eigenvalue weighted by molar-refractivity contribution is -0.402. The van der Waals surface area contributed by atoms with Crippen LogP contribution < -0.4 is 11.2 Å². The molecule has 0 saturated heterocycles. The maximum absolute atomic E-state index is 12.8. The Morgan fingerprint density at radius 3 is 2.70 bits per heavy atom. The van der Waals surface area contributed by atoms with Crippen LogP contribution in [0.3, 0.4) is 0 Å². The quantitative estimate of drug-likeness (QED) is 0.265. The van der Waals surface area contributed by atoms with E-state index in [0.29, 0.717) is 5.56 Å². The third-order valence-electron chi connectivity index (χ3n) is 3.78. The lowest BCUT2D eigenvalue weighted by atomic mass is 10.1. The molecule has 3 N–H and O–H groups in total. The highest BCUT2D eigenvalue weighted by Crippen LogP contribution is 2.24. The number of carbonyl (C=O) groups is 1. The molecule has 30 heavy (non-hydrogen) atoms. The van der Waals surface area contributed by atoms with Gasteiger partial charge in [-0.3, -0.25) is 14.9 Å². The van der Waals surface area contributed by atoms with Gasteiger partial charge in [0.25, 0.3) is 5.91 Å². The van der Waals surface area contributed by atoms with Crippen LogP contribution in [-0.4, -0.2) is 42.4 Å². The summed E-state index contributed by atoms with van der Waals surface area (Å²) in [6, 6.07) is 11.3. The number of nitro groups is 1. The van der Waals surface area contributed by atoms with Gasteiger partial charge in [0.2, 0.25) is 11.6 Å². The summed E-state index contributed by atoms with van der Waals surface area (Å²) < 4.78 is 10.6. The van der Waals surface area contributed by atoms with Crippen molar-refractivity contribution in [2.45, 2.75) is 0 Å². The van der Waals surface area contributed by atoms with Gasteiger partial charge in [-0.05, 0) is 16.4 Å². The van der Waals surface area contributed by atoms with Gasteiger partial charge in [0, 0.05) is 5.56 Å². The molecule has 14 heteroatoms.